The standard InChI is InChI=1S/C26H28N4O2S/c1-17-11-24(25(31)28-14-20-9-7-19(13-27)8-10-20)18(2)30(17)15-22-16-33-26(29-22)21-5-4-6-23(12-21)32-3/h4-12,16H,13-15,27H2,1-3H3,(H,28,31). The van der Waals surface area contributed by atoms with Crippen LogP contribution in [0.5, 0.6) is 5.75 Å². The predicted molar refractivity (Wildman–Crippen MR) is 133 cm³/mol. The van der Waals surface area contributed by atoms with Crippen LogP contribution in [0.1, 0.15) is 38.6 Å². The van der Waals surface area contributed by atoms with E-state index in [0.29, 0.717) is 25.2 Å². The van der Waals surface area contributed by atoms with E-state index in [1.807, 2.05) is 68.4 Å². The Hall–Kier alpha value is -3.42. The third kappa shape index (κ3) is 5.16. The summed E-state index contributed by atoms with van der Waals surface area (Å²) >= 11 is 1.61. The molecular formula is C26H28N4O2S. The Morgan fingerprint density at radius 3 is 2.61 bits per heavy atom. The maximum absolute atomic E-state index is 12.9. The lowest BCUT2D eigenvalue weighted by molar-refractivity contribution is 0.0950. The fourth-order valence-corrected chi connectivity index (χ4v) is 4.58. The molecule has 0 aliphatic carbocycles. The molecule has 33 heavy (non-hydrogen) atoms. The molecule has 0 fully saturated rings. The molecule has 0 spiro atoms. The van der Waals surface area contributed by atoms with E-state index in [-0.39, 0.29) is 5.91 Å². The van der Waals surface area contributed by atoms with Crippen molar-refractivity contribution in [1.82, 2.24) is 14.9 Å². The first-order chi connectivity index (χ1) is 16.0. The first kappa shape index (κ1) is 22.8. The van der Waals surface area contributed by atoms with Crippen LogP contribution >= 0.6 is 11.3 Å². The van der Waals surface area contributed by atoms with E-state index >= 15 is 0 Å². The Morgan fingerprint density at radius 2 is 1.88 bits per heavy atom. The van der Waals surface area contributed by atoms with Crippen molar-refractivity contribution in [2.24, 2.45) is 5.73 Å². The van der Waals surface area contributed by atoms with Crippen LogP contribution in [0.2, 0.25) is 0 Å². The number of benzene rings is 2. The molecular weight excluding hydrogens is 432 g/mol. The maximum Gasteiger partial charge on any atom is 0.253 e. The molecule has 4 aromatic rings. The van der Waals surface area contributed by atoms with E-state index in [4.69, 9.17) is 15.5 Å². The summed E-state index contributed by atoms with van der Waals surface area (Å²) < 4.78 is 7.46. The molecule has 0 unspecified atom stereocenters. The molecule has 0 aliphatic heterocycles. The van der Waals surface area contributed by atoms with Gasteiger partial charge in [0, 0.05) is 35.4 Å². The van der Waals surface area contributed by atoms with Crippen molar-refractivity contribution in [3.63, 3.8) is 0 Å². The number of amides is 1. The molecule has 0 radical (unpaired) electrons. The highest BCUT2D eigenvalue weighted by Crippen LogP contribution is 2.28. The molecule has 0 bridgehead atoms. The zero-order chi connectivity index (χ0) is 23.4. The van der Waals surface area contributed by atoms with Gasteiger partial charge in [0.1, 0.15) is 10.8 Å². The summed E-state index contributed by atoms with van der Waals surface area (Å²) in [5, 5.41) is 6.04. The largest absolute Gasteiger partial charge is 0.497 e. The second-order valence-corrected chi connectivity index (χ2v) is 8.81. The monoisotopic (exact) mass is 460 g/mol. The van der Waals surface area contributed by atoms with Crippen molar-refractivity contribution in [1.29, 1.82) is 0 Å². The molecule has 0 atom stereocenters. The van der Waals surface area contributed by atoms with Gasteiger partial charge in [-0.05, 0) is 43.2 Å². The van der Waals surface area contributed by atoms with E-state index in [9.17, 15) is 4.79 Å². The van der Waals surface area contributed by atoms with Gasteiger partial charge < -0.3 is 20.4 Å². The van der Waals surface area contributed by atoms with E-state index < -0.39 is 0 Å². The zero-order valence-electron chi connectivity index (χ0n) is 19.1. The second-order valence-electron chi connectivity index (χ2n) is 7.95. The van der Waals surface area contributed by atoms with E-state index in [0.717, 1.165) is 44.5 Å². The van der Waals surface area contributed by atoms with Crippen molar-refractivity contribution < 1.29 is 9.53 Å². The predicted octanol–water partition coefficient (Wildman–Crippen LogP) is 4.67. The number of carbonyl (C=O) groups excluding carboxylic acids is 1. The van der Waals surface area contributed by atoms with E-state index in [1.54, 1.807) is 18.4 Å². The van der Waals surface area contributed by atoms with E-state index in [2.05, 4.69) is 15.3 Å². The van der Waals surface area contributed by atoms with Crippen LogP contribution < -0.4 is 15.8 Å². The fourth-order valence-electron chi connectivity index (χ4n) is 3.78. The number of nitrogens with one attached hydrogen (secondary N) is 1. The number of nitrogens with two attached hydrogens (primary N) is 1. The average molecular weight is 461 g/mol. The Kier molecular flexibility index (Phi) is 6.91. The number of ether oxygens (including phenoxy) is 1. The maximum atomic E-state index is 12.9. The van der Waals surface area contributed by atoms with Crippen LogP contribution in [0, 0.1) is 13.8 Å². The van der Waals surface area contributed by atoms with Gasteiger partial charge in [-0.2, -0.15) is 0 Å². The number of methoxy groups -OCH3 is 1. The smallest absolute Gasteiger partial charge is 0.253 e. The van der Waals surface area contributed by atoms with Crippen LogP contribution in [0.15, 0.2) is 60.0 Å². The highest BCUT2D eigenvalue weighted by Gasteiger charge is 2.17. The number of nitrogens with zero attached hydrogens (tertiary/aromatic N) is 2. The molecule has 4 rings (SSSR count). The molecule has 1 amide bonds. The van der Waals surface area contributed by atoms with Crippen LogP contribution in [0.3, 0.4) is 0 Å². The minimum absolute atomic E-state index is 0.0763. The minimum Gasteiger partial charge on any atom is -0.497 e. The summed E-state index contributed by atoms with van der Waals surface area (Å²) in [7, 11) is 1.66. The number of rotatable bonds is 8. The number of hydrogen-bond donors (Lipinski definition) is 2. The quantitative estimate of drug-likeness (QED) is 0.400. The lowest BCUT2D eigenvalue weighted by Gasteiger charge is -2.09. The average Bonchev–Trinajstić information content (AvgIpc) is 3.43. The van der Waals surface area contributed by atoms with Crippen molar-refractivity contribution >= 4 is 17.2 Å². The first-order valence-corrected chi connectivity index (χ1v) is 11.7. The third-order valence-corrected chi connectivity index (χ3v) is 6.66. The van der Waals surface area contributed by atoms with Gasteiger partial charge >= 0.3 is 0 Å². The highest BCUT2D eigenvalue weighted by molar-refractivity contribution is 7.13. The highest BCUT2D eigenvalue weighted by atomic mass is 32.1. The first-order valence-electron chi connectivity index (χ1n) is 10.8. The van der Waals surface area contributed by atoms with Gasteiger partial charge in [-0.25, -0.2) is 4.98 Å². The summed E-state index contributed by atoms with van der Waals surface area (Å²) in [6.07, 6.45) is 0. The minimum atomic E-state index is -0.0763. The summed E-state index contributed by atoms with van der Waals surface area (Å²) in [5.41, 5.74) is 12.4. The zero-order valence-corrected chi connectivity index (χ0v) is 19.9. The van der Waals surface area contributed by atoms with Crippen molar-refractivity contribution in [3.8, 4) is 16.3 Å². The molecule has 2 aromatic heterocycles. The Bertz CT molecular complexity index is 1260. The van der Waals surface area contributed by atoms with Crippen molar-refractivity contribution in [3.05, 3.63) is 93.7 Å². The van der Waals surface area contributed by atoms with Crippen LogP contribution in [0.4, 0.5) is 0 Å². The van der Waals surface area contributed by atoms with Gasteiger partial charge in [-0.1, -0.05) is 36.4 Å². The van der Waals surface area contributed by atoms with Gasteiger partial charge in [0.05, 0.1) is 24.9 Å². The van der Waals surface area contributed by atoms with Crippen LogP contribution in [-0.4, -0.2) is 22.6 Å². The number of hydrogen-bond acceptors (Lipinski definition) is 5. The molecule has 6 nitrogen and oxygen atoms in total. The number of aromatic nitrogens is 2. The van der Waals surface area contributed by atoms with Crippen molar-refractivity contribution in [2.75, 3.05) is 7.11 Å². The molecule has 3 N–H and O–H groups in total. The summed E-state index contributed by atoms with van der Waals surface area (Å²) in [6.45, 7) is 5.60. The number of thiazole rings is 1. The molecule has 170 valence electrons. The number of carbonyl (C=O) groups is 1. The Morgan fingerprint density at radius 1 is 1.12 bits per heavy atom. The topological polar surface area (TPSA) is 82.2 Å². The molecule has 0 aliphatic rings. The summed E-state index contributed by atoms with van der Waals surface area (Å²) in [6, 6.07) is 17.8. The van der Waals surface area contributed by atoms with Gasteiger partial charge in [0.15, 0.2) is 0 Å². The van der Waals surface area contributed by atoms with Gasteiger partial charge in [0.25, 0.3) is 5.91 Å². The van der Waals surface area contributed by atoms with Crippen LogP contribution in [-0.2, 0) is 19.6 Å². The Balaban J connectivity index is 1.46. The van der Waals surface area contributed by atoms with E-state index in [1.165, 1.54) is 0 Å². The summed E-state index contributed by atoms with van der Waals surface area (Å²) in [4.78, 5) is 17.7. The lowest BCUT2D eigenvalue weighted by Crippen LogP contribution is -2.23. The van der Waals surface area contributed by atoms with Gasteiger partial charge in [-0.15, -0.1) is 11.3 Å². The third-order valence-electron chi connectivity index (χ3n) is 5.72. The van der Waals surface area contributed by atoms with Gasteiger partial charge in [0.2, 0.25) is 0 Å². The molecule has 7 heteroatoms. The normalized spacial score (nSPS) is 10.9. The van der Waals surface area contributed by atoms with Crippen molar-refractivity contribution in [2.45, 2.75) is 33.5 Å². The van der Waals surface area contributed by atoms with Gasteiger partial charge in [-0.3, -0.25) is 4.79 Å². The molecule has 0 saturated heterocycles. The SMILES string of the molecule is COc1cccc(-c2nc(Cn3c(C)cc(C(=O)NCc4ccc(CN)cc4)c3C)cs2)c1. The molecule has 2 heterocycles. The molecule has 2 aromatic carbocycles. The lowest BCUT2D eigenvalue weighted by atomic mass is 10.1. The number of aryl methyl sites for hydroxylation is 1. The fraction of sp³-hybridized carbons (Fsp3) is 0.231. The Labute approximate surface area is 198 Å². The molecule has 0 saturated carbocycles. The second kappa shape index (κ2) is 10.0. The summed E-state index contributed by atoms with van der Waals surface area (Å²) in [5.74, 6) is 0.736. The van der Waals surface area contributed by atoms with Crippen LogP contribution in [0.25, 0.3) is 10.6 Å².